The maximum atomic E-state index is 12.3. The molecule has 0 aliphatic carbocycles. The summed E-state index contributed by atoms with van der Waals surface area (Å²) in [5.74, 6) is 1.78. The minimum absolute atomic E-state index is 0.121. The molecule has 0 spiro atoms. The van der Waals surface area contributed by atoms with Crippen molar-refractivity contribution in [3.05, 3.63) is 74.8 Å². The molecule has 0 radical (unpaired) electrons. The molecule has 4 nitrogen and oxygen atoms in total. The van der Waals surface area contributed by atoms with Gasteiger partial charge < -0.3 is 10.3 Å². The van der Waals surface area contributed by atoms with Crippen LogP contribution in [-0.2, 0) is 13.0 Å². The lowest BCUT2D eigenvalue weighted by molar-refractivity contribution is -0.718. The molecule has 0 aliphatic rings. The summed E-state index contributed by atoms with van der Waals surface area (Å²) >= 11 is 6.06. The predicted octanol–water partition coefficient (Wildman–Crippen LogP) is 4.24. The fourth-order valence-electron chi connectivity index (χ4n) is 3.64. The molecule has 0 fully saturated rings. The van der Waals surface area contributed by atoms with E-state index in [0.717, 1.165) is 6.42 Å². The second kappa shape index (κ2) is 8.89. The molecule has 1 atom stereocenters. The highest BCUT2D eigenvalue weighted by Crippen LogP contribution is 2.20. The van der Waals surface area contributed by atoms with Gasteiger partial charge in [-0.2, -0.15) is 0 Å². The topological polar surface area (TPSA) is 62.4 Å². The molecule has 5 heteroatoms. The minimum atomic E-state index is -0.121. The molecule has 28 heavy (non-hydrogen) atoms. The van der Waals surface area contributed by atoms with Crippen molar-refractivity contribution in [3.8, 4) is 0 Å². The first-order valence-electron chi connectivity index (χ1n) is 9.94. The first-order chi connectivity index (χ1) is 13.3. The van der Waals surface area contributed by atoms with E-state index in [2.05, 4.69) is 67.2 Å². The van der Waals surface area contributed by atoms with Crippen LogP contribution in [0.5, 0.6) is 0 Å². The maximum absolute atomic E-state index is 12.3. The van der Waals surface area contributed by atoms with Crippen molar-refractivity contribution in [2.75, 3.05) is 0 Å². The van der Waals surface area contributed by atoms with Gasteiger partial charge in [0.2, 0.25) is 0 Å². The van der Waals surface area contributed by atoms with E-state index < -0.39 is 0 Å². The fourth-order valence-corrected chi connectivity index (χ4v) is 3.80. The lowest BCUT2D eigenvalue weighted by Gasteiger charge is -2.20. The zero-order chi connectivity index (χ0) is 20.3. The highest BCUT2D eigenvalue weighted by atomic mass is 35.5. The molecule has 0 unspecified atom stereocenters. The molecule has 0 saturated heterocycles. The molecule has 3 N–H and O–H groups in total. The Bertz CT molecular complexity index is 993. The van der Waals surface area contributed by atoms with Crippen molar-refractivity contribution in [1.29, 1.82) is 0 Å². The number of quaternary nitrogens is 1. The van der Waals surface area contributed by atoms with Crippen molar-refractivity contribution in [2.24, 2.45) is 11.8 Å². The zero-order valence-corrected chi connectivity index (χ0v) is 17.8. The van der Waals surface area contributed by atoms with Gasteiger partial charge >= 0.3 is 0 Å². The van der Waals surface area contributed by atoms with Crippen LogP contribution in [-0.4, -0.2) is 9.97 Å². The molecule has 148 valence electrons. The molecule has 3 rings (SSSR count). The van der Waals surface area contributed by atoms with E-state index in [1.54, 1.807) is 18.2 Å². The van der Waals surface area contributed by atoms with Crippen LogP contribution in [0.2, 0.25) is 5.02 Å². The van der Waals surface area contributed by atoms with E-state index in [9.17, 15) is 4.79 Å². The first kappa shape index (κ1) is 20.6. The molecule has 2 aromatic carbocycles. The van der Waals surface area contributed by atoms with Crippen LogP contribution in [0.3, 0.4) is 0 Å². The highest BCUT2D eigenvalue weighted by Gasteiger charge is 2.20. The van der Waals surface area contributed by atoms with E-state index in [1.165, 1.54) is 11.1 Å². The van der Waals surface area contributed by atoms with Gasteiger partial charge in [0.15, 0.2) is 5.82 Å². The third-order valence-corrected chi connectivity index (χ3v) is 5.24. The fraction of sp³-hybridized carbons (Fsp3) is 0.391. The molecule has 1 heterocycles. The number of H-pyrrole nitrogens is 1. The largest absolute Gasteiger partial charge is 0.334 e. The monoisotopic (exact) mass is 398 g/mol. The molecule has 1 aromatic heterocycles. The quantitative estimate of drug-likeness (QED) is 0.625. The van der Waals surface area contributed by atoms with Gasteiger partial charge in [-0.25, -0.2) is 4.98 Å². The average molecular weight is 399 g/mol. The number of rotatable bonds is 7. The van der Waals surface area contributed by atoms with Gasteiger partial charge in [0.1, 0.15) is 12.6 Å². The minimum Gasteiger partial charge on any atom is -0.334 e. The SMILES string of the molecule is CC(C)Cc1ccc([C@@H]([NH2+]Cc2nc3cc(Cl)ccc3c(=O)[nH]2)C(C)C)cc1. The van der Waals surface area contributed by atoms with E-state index in [-0.39, 0.29) is 5.56 Å². The third-order valence-electron chi connectivity index (χ3n) is 5.01. The normalized spacial score (nSPS) is 12.8. The molecule has 3 aromatic rings. The summed E-state index contributed by atoms with van der Waals surface area (Å²) in [6.45, 7) is 9.53. The summed E-state index contributed by atoms with van der Waals surface area (Å²) in [4.78, 5) is 19.8. The highest BCUT2D eigenvalue weighted by molar-refractivity contribution is 6.31. The van der Waals surface area contributed by atoms with Gasteiger partial charge in [0.25, 0.3) is 5.56 Å². The van der Waals surface area contributed by atoms with Gasteiger partial charge in [-0.1, -0.05) is 63.6 Å². The van der Waals surface area contributed by atoms with Crippen LogP contribution in [0.1, 0.15) is 50.7 Å². The Kier molecular flexibility index (Phi) is 6.53. The van der Waals surface area contributed by atoms with E-state index in [4.69, 9.17) is 11.6 Å². The van der Waals surface area contributed by atoms with E-state index >= 15 is 0 Å². The summed E-state index contributed by atoms with van der Waals surface area (Å²) in [6.07, 6.45) is 1.10. The van der Waals surface area contributed by atoms with Crippen molar-refractivity contribution in [3.63, 3.8) is 0 Å². The number of aromatic amines is 1. The Morgan fingerprint density at radius 1 is 1.07 bits per heavy atom. The Morgan fingerprint density at radius 2 is 1.79 bits per heavy atom. The number of nitrogens with two attached hydrogens (primary N) is 1. The lowest BCUT2D eigenvalue weighted by Crippen LogP contribution is -2.85. The lowest BCUT2D eigenvalue weighted by atomic mass is 9.93. The van der Waals surface area contributed by atoms with E-state index in [0.29, 0.717) is 46.2 Å². The molecular formula is C23H29ClN3O+. The standard InChI is InChI=1S/C23H28ClN3O/c1-14(2)11-16-5-7-17(8-6-16)22(15(3)4)25-13-21-26-20-12-18(24)9-10-19(20)23(28)27-21/h5-10,12,14-15,22,25H,11,13H2,1-4H3,(H,26,27,28)/p+1/t22-/m0/s1. The molecule has 0 saturated carbocycles. The average Bonchev–Trinajstić information content (AvgIpc) is 2.62. The summed E-state index contributed by atoms with van der Waals surface area (Å²) in [5, 5.41) is 3.40. The Labute approximate surface area is 171 Å². The number of hydrogen-bond donors (Lipinski definition) is 2. The first-order valence-corrected chi connectivity index (χ1v) is 10.3. The van der Waals surface area contributed by atoms with Crippen molar-refractivity contribution >= 4 is 22.5 Å². The van der Waals surface area contributed by atoms with Crippen LogP contribution in [0.25, 0.3) is 10.9 Å². The molecule has 0 amide bonds. The van der Waals surface area contributed by atoms with Gasteiger partial charge in [-0.05, 0) is 36.1 Å². The molecular weight excluding hydrogens is 370 g/mol. The van der Waals surface area contributed by atoms with Gasteiger partial charge in [-0.3, -0.25) is 4.79 Å². The Balaban J connectivity index is 1.78. The summed E-state index contributed by atoms with van der Waals surface area (Å²) in [5.41, 5.74) is 3.19. The van der Waals surface area contributed by atoms with Crippen LogP contribution >= 0.6 is 11.6 Å². The number of nitrogens with one attached hydrogen (secondary N) is 1. The van der Waals surface area contributed by atoms with Crippen LogP contribution < -0.4 is 10.9 Å². The summed E-state index contributed by atoms with van der Waals surface area (Å²) in [6, 6.07) is 14.4. The molecule has 0 bridgehead atoms. The smallest absolute Gasteiger partial charge is 0.258 e. The van der Waals surface area contributed by atoms with Crippen LogP contribution in [0.15, 0.2) is 47.3 Å². The number of halogens is 1. The van der Waals surface area contributed by atoms with Crippen LogP contribution in [0, 0.1) is 11.8 Å². The van der Waals surface area contributed by atoms with Gasteiger partial charge in [0, 0.05) is 16.5 Å². The zero-order valence-electron chi connectivity index (χ0n) is 17.0. The Morgan fingerprint density at radius 3 is 2.43 bits per heavy atom. The van der Waals surface area contributed by atoms with Crippen LogP contribution in [0.4, 0.5) is 0 Å². The van der Waals surface area contributed by atoms with Crippen molar-refractivity contribution in [2.45, 2.75) is 46.7 Å². The number of fused-ring (bicyclic) bond motifs is 1. The van der Waals surface area contributed by atoms with Gasteiger partial charge in [0.05, 0.1) is 10.9 Å². The van der Waals surface area contributed by atoms with Crippen molar-refractivity contribution < 1.29 is 5.32 Å². The predicted molar refractivity (Wildman–Crippen MR) is 116 cm³/mol. The summed E-state index contributed by atoms with van der Waals surface area (Å²) < 4.78 is 0. The second-order valence-electron chi connectivity index (χ2n) is 8.22. The second-order valence-corrected chi connectivity index (χ2v) is 8.66. The maximum Gasteiger partial charge on any atom is 0.258 e. The number of nitrogens with zero attached hydrogens (tertiary/aromatic N) is 1. The van der Waals surface area contributed by atoms with Crippen molar-refractivity contribution in [1.82, 2.24) is 9.97 Å². The number of benzene rings is 2. The number of aromatic nitrogens is 2. The summed E-state index contributed by atoms with van der Waals surface area (Å²) in [7, 11) is 0. The Hall–Kier alpha value is -2.17. The van der Waals surface area contributed by atoms with E-state index in [1.807, 2.05) is 0 Å². The third kappa shape index (κ3) is 5.00. The number of hydrogen-bond acceptors (Lipinski definition) is 2. The molecule has 0 aliphatic heterocycles. The van der Waals surface area contributed by atoms with Gasteiger partial charge in [-0.15, -0.1) is 0 Å².